The van der Waals surface area contributed by atoms with Gasteiger partial charge in [-0.2, -0.15) is 0 Å². The van der Waals surface area contributed by atoms with Gasteiger partial charge in [-0.15, -0.1) is 21.5 Å². The molecule has 6 nitrogen and oxygen atoms in total. The number of nitrogens with zero attached hydrogens (tertiary/aromatic N) is 2. The van der Waals surface area contributed by atoms with Gasteiger partial charge in [-0.1, -0.05) is 30.0 Å². The number of primary amides is 1. The van der Waals surface area contributed by atoms with E-state index in [-0.39, 0.29) is 11.7 Å². The van der Waals surface area contributed by atoms with Crippen LogP contribution in [0.2, 0.25) is 0 Å². The van der Waals surface area contributed by atoms with Crippen LogP contribution in [0, 0.1) is 12.8 Å². The van der Waals surface area contributed by atoms with Crippen LogP contribution in [-0.4, -0.2) is 27.8 Å². The van der Waals surface area contributed by atoms with Gasteiger partial charge < -0.3 is 11.1 Å². The maximum absolute atomic E-state index is 12.2. The van der Waals surface area contributed by atoms with Gasteiger partial charge in [-0.25, -0.2) is 0 Å². The molecule has 0 aliphatic heterocycles. The fourth-order valence-electron chi connectivity index (χ4n) is 2.73. The van der Waals surface area contributed by atoms with Crippen molar-refractivity contribution in [1.29, 1.82) is 0 Å². The molecular weight excluding hydrogens is 364 g/mol. The van der Waals surface area contributed by atoms with Gasteiger partial charge in [0.25, 0.3) is 5.91 Å². The second-order valence-electron chi connectivity index (χ2n) is 5.84. The fraction of sp³-hybridized carbons (Fsp3) is 0.467. The van der Waals surface area contributed by atoms with Crippen molar-refractivity contribution in [2.45, 2.75) is 37.4 Å². The number of rotatable bonds is 5. The molecule has 0 bridgehead atoms. The van der Waals surface area contributed by atoms with Gasteiger partial charge >= 0.3 is 0 Å². The molecule has 2 aromatic rings. The summed E-state index contributed by atoms with van der Waals surface area (Å²) in [5, 5.41) is 12.2. The number of hydrogen-bond acceptors (Lipinski definition) is 7. The number of fused-ring (bicyclic) bond motifs is 1. The molecule has 0 saturated carbocycles. The summed E-state index contributed by atoms with van der Waals surface area (Å²) in [6, 6.07) is 0. The summed E-state index contributed by atoms with van der Waals surface area (Å²) < 4.78 is 0.761. The van der Waals surface area contributed by atoms with Gasteiger partial charge in [0.1, 0.15) is 10.0 Å². The second kappa shape index (κ2) is 7.20. The van der Waals surface area contributed by atoms with Crippen LogP contribution in [0.15, 0.2) is 4.34 Å². The lowest BCUT2D eigenvalue weighted by Crippen LogP contribution is -2.20. The topological polar surface area (TPSA) is 98.0 Å². The molecule has 0 aromatic carbocycles. The minimum atomic E-state index is -0.468. The maximum atomic E-state index is 12.2. The Balaban J connectivity index is 1.72. The van der Waals surface area contributed by atoms with Crippen LogP contribution >= 0.6 is 34.4 Å². The number of aryl methyl sites for hydroxylation is 1. The molecular formula is C15H18N4O2S3. The number of nitrogens with two attached hydrogens (primary N) is 1. The summed E-state index contributed by atoms with van der Waals surface area (Å²) in [5.41, 5.74) is 7.07. The SMILES string of the molecule is Cc1nnc(SCC(=O)Nc2sc3c(c2C(N)=O)CC[C@@H](C)C3)s1. The third kappa shape index (κ3) is 3.79. The van der Waals surface area contributed by atoms with Crippen molar-refractivity contribution < 1.29 is 9.59 Å². The van der Waals surface area contributed by atoms with Crippen molar-refractivity contribution in [2.24, 2.45) is 11.7 Å². The highest BCUT2D eigenvalue weighted by Gasteiger charge is 2.27. The highest BCUT2D eigenvalue weighted by Crippen LogP contribution is 2.39. The van der Waals surface area contributed by atoms with Crippen LogP contribution in [0.5, 0.6) is 0 Å². The van der Waals surface area contributed by atoms with E-state index in [0.29, 0.717) is 16.5 Å². The average Bonchev–Trinajstić information content (AvgIpc) is 3.07. The zero-order valence-corrected chi connectivity index (χ0v) is 15.9. The number of nitrogens with one attached hydrogen (secondary N) is 1. The Morgan fingerprint density at radius 1 is 1.38 bits per heavy atom. The largest absolute Gasteiger partial charge is 0.365 e. The summed E-state index contributed by atoms with van der Waals surface area (Å²) in [4.78, 5) is 25.3. The van der Waals surface area contributed by atoms with Crippen molar-refractivity contribution in [3.8, 4) is 0 Å². The highest BCUT2D eigenvalue weighted by atomic mass is 32.2. The van der Waals surface area contributed by atoms with E-state index in [0.717, 1.165) is 34.2 Å². The Kier molecular flexibility index (Phi) is 5.21. The summed E-state index contributed by atoms with van der Waals surface area (Å²) in [7, 11) is 0. The zero-order chi connectivity index (χ0) is 17.3. The van der Waals surface area contributed by atoms with Crippen molar-refractivity contribution in [1.82, 2.24) is 10.2 Å². The Hall–Kier alpha value is -1.45. The third-order valence-corrected chi connectivity index (χ3v) is 6.99. The number of amides is 2. The van der Waals surface area contributed by atoms with E-state index >= 15 is 0 Å². The van der Waals surface area contributed by atoms with Crippen LogP contribution in [0.1, 0.15) is 39.2 Å². The monoisotopic (exact) mass is 382 g/mol. The molecule has 1 aliphatic rings. The maximum Gasteiger partial charge on any atom is 0.251 e. The fourth-order valence-corrected chi connectivity index (χ4v) is 5.77. The number of thioether (sulfide) groups is 1. The van der Waals surface area contributed by atoms with Crippen molar-refractivity contribution in [2.75, 3.05) is 11.1 Å². The van der Waals surface area contributed by atoms with Gasteiger partial charge in [0.15, 0.2) is 4.34 Å². The first-order valence-corrected chi connectivity index (χ1v) is 10.2. The number of hydrogen-bond donors (Lipinski definition) is 2. The quantitative estimate of drug-likeness (QED) is 0.775. The minimum Gasteiger partial charge on any atom is -0.365 e. The first kappa shape index (κ1) is 17.4. The van der Waals surface area contributed by atoms with Crippen LogP contribution in [0.25, 0.3) is 0 Å². The smallest absolute Gasteiger partial charge is 0.251 e. The highest BCUT2D eigenvalue weighted by molar-refractivity contribution is 8.01. The van der Waals surface area contributed by atoms with Gasteiger partial charge in [-0.3, -0.25) is 9.59 Å². The van der Waals surface area contributed by atoms with Crippen molar-refractivity contribution in [3.63, 3.8) is 0 Å². The van der Waals surface area contributed by atoms with Crippen LogP contribution in [0.3, 0.4) is 0 Å². The first-order valence-electron chi connectivity index (χ1n) is 7.61. The third-order valence-electron chi connectivity index (χ3n) is 3.85. The molecule has 0 radical (unpaired) electrons. The van der Waals surface area contributed by atoms with Crippen LogP contribution < -0.4 is 11.1 Å². The van der Waals surface area contributed by atoms with Crippen molar-refractivity contribution >= 4 is 51.3 Å². The van der Waals surface area contributed by atoms with E-state index in [1.54, 1.807) is 0 Å². The number of carbonyl (C=O) groups excluding carboxylic acids is 2. The van der Waals surface area contributed by atoms with Gasteiger partial charge in [-0.05, 0) is 37.7 Å². The lowest BCUT2D eigenvalue weighted by atomic mass is 9.88. The molecule has 1 aliphatic carbocycles. The van der Waals surface area contributed by atoms with E-state index in [1.807, 2.05) is 6.92 Å². The standard InChI is InChI=1S/C15H18N4O2S3/c1-7-3-4-9-10(5-7)24-14(12(9)13(16)21)17-11(20)6-22-15-19-18-8(2)23-15/h7H,3-6H2,1-2H3,(H2,16,21)(H,17,20)/t7-/m1/s1. The molecule has 2 aromatic heterocycles. The Labute approximate surface area is 152 Å². The molecule has 2 heterocycles. The average molecular weight is 383 g/mol. The lowest BCUT2D eigenvalue weighted by Gasteiger charge is -2.18. The van der Waals surface area contributed by atoms with E-state index in [1.165, 1.54) is 39.3 Å². The molecule has 1 atom stereocenters. The Bertz CT molecular complexity index is 784. The van der Waals surface area contributed by atoms with E-state index in [2.05, 4.69) is 22.4 Å². The van der Waals surface area contributed by atoms with E-state index in [4.69, 9.17) is 5.73 Å². The van der Waals surface area contributed by atoms with E-state index < -0.39 is 5.91 Å². The first-order chi connectivity index (χ1) is 11.4. The molecule has 2 amide bonds. The van der Waals surface area contributed by atoms with Gasteiger partial charge in [0, 0.05) is 4.88 Å². The Morgan fingerprint density at radius 2 is 2.17 bits per heavy atom. The summed E-state index contributed by atoms with van der Waals surface area (Å²) in [5.74, 6) is 0.189. The predicted octanol–water partition coefficient (Wildman–Crippen LogP) is 2.86. The molecule has 0 unspecified atom stereocenters. The van der Waals surface area contributed by atoms with Crippen LogP contribution in [-0.2, 0) is 17.6 Å². The summed E-state index contributed by atoms with van der Waals surface area (Å²) in [6.07, 6.45) is 2.83. The van der Waals surface area contributed by atoms with E-state index in [9.17, 15) is 9.59 Å². The molecule has 3 N–H and O–H groups in total. The summed E-state index contributed by atoms with van der Waals surface area (Å²) in [6.45, 7) is 4.07. The Morgan fingerprint density at radius 3 is 2.83 bits per heavy atom. The molecule has 24 heavy (non-hydrogen) atoms. The molecule has 3 rings (SSSR count). The van der Waals surface area contributed by atoms with Gasteiger partial charge in [0.05, 0.1) is 11.3 Å². The van der Waals surface area contributed by atoms with Crippen molar-refractivity contribution in [3.05, 3.63) is 21.0 Å². The zero-order valence-electron chi connectivity index (χ0n) is 13.4. The van der Waals surface area contributed by atoms with Crippen LogP contribution in [0.4, 0.5) is 5.00 Å². The number of carbonyl (C=O) groups is 2. The molecule has 0 saturated heterocycles. The lowest BCUT2D eigenvalue weighted by molar-refractivity contribution is -0.113. The minimum absolute atomic E-state index is 0.165. The number of thiophene rings is 1. The molecule has 0 fully saturated rings. The van der Waals surface area contributed by atoms with Gasteiger partial charge in [0.2, 0.25) is 5.91 Å². The predicted molar refractivity (Wildman–Crippen MR) is 98.0 cm³/mol. The molecule has 0 spiro atoms. The molecule has 128 valence electrons. The summed E-state index contributed by atoms with van der Waals surface area (Å²) >= 11 is 4.28. The second-order valence-corrected chi connectivity index (χ2v) is 9.35. The molecule has 9 heteroatoms. The number of anilines is 1. The normalized spacial score (nSPS) is 16.7. The number of aromatic nitrogens is 2.